The van der Waals surface area contributed by atoms with Crippen molar-refractivity contribution in [2.24, 2.45) is 5.92 Å². The Kier molecular flexibility index (Phi) is 4.43. The molecular formula is C17H20FN3O2. The highest BCUT2D eigenvalue weighted by molar-refractivity contribution is 5.79. The predicted octanol–water partition coefficient (Wildman–Crippen LogP) is 2.10. The van der Waals surface area contributed by atoms with Gasteiger partial charge >= 0.3 is 0 Å². The van der Waals surface area contributed by atoms with Crippen LogP contribution in [0, 0.1) is 18.7 Å². The van der Waals surface area contributed by atoms with Crippen molar-refractivity contribution >= 4 is 5.91 Å². The van der Waals surface area contributed by atoms with Gasteiger partial charge in [-0.15, -0.1) is 0 Å². The highest BCUT2D eigenvalue weighted by Crippen LogP contribution is 2.25. The Hall–Kier alpha value is -2.21. The molecule has 1 amide bonds. The Morgan fingerprint density at radius 3 is 2.91 bits per heavy atom. The van der Waals surface area contributed by atoms with Gasteiger partial charge in [0.15, 0.2) is 0 Å². The number of nitrogens with one attached hydrogen (secondary N) is 1. The van der Waals surface area contributed by atoms with Gasteiger partial charge < -0.3 is 15.0 Å². The van der Waals surface area contributed by atoms with Gasteiger partial charge in [0.25, 0.3) is 0 Å². The van der Waals surface area contributed by atoms with E-state index in [-0.39, 0.29) is 24.2 Å². The highest BCUT2D eigenvalue weighted by Gasteiger charge is 2.31. The van der Waals surface area contributed by atoms with Crippen molar-refractivity contribution in [3.63, 3.8) is 0 Å². The number of carbonyl (C=O) groups excluding carboxylic acids is 1. The van der Waals surface area contributed by atoms with Crippen molar-refractivity contribution in [1.82, 2.24) is 14.9 Å². The molecule has 0 radical (unpaired) electrons. The Labute approximate surface area is 134 Å². The van der Waals surface area contributed by atoms with Crippen molar-refractivity contribution in [2.45, 2.75) is 38.8 Å². The van der Waals surface area contributed by atoms with Crippen LogP contribution in [0.25, 0.3) is 5.69 Å². The summed E-state index contributed by atoms with van der Waals surface area (Å²) < 4.78 is 16.0. The Bertz CT molecular complexity index is 714. The van der Waals surface area contributed by atoms with E-state index in [1.165, 1.54) is 6.07 Å². The number of rotatable bonds is 4. The summed E-state index contributed by atoms with van der Waals surface area (Å²) in [5, 5.41) is 12.5. The molecule has 2 unspecified atom stereocenters. The third kappa shape index (κ3) is 3.27. The van der Waals surface area contributed by atoms with E-state index in [2.05, 4.69) is 10.3 Å². The first-order chi connectivity index (χ1) is 11.1. The molecule has 2 atom stereocenters. The maximum Gasteiger partial charge on any atom is 0.225 e. The van der Waals surface area contributed by atoms with Gasteiger partial charge in [0, 0.05) is 18.9 Å². The Morgan fingerprint density at radius 2 is 2.30 bits per heavy atom. The van der Waals surface area contributed by atoms with Crippen LogP contribution in [0.1, 0.15) is 30.7 Å². The number of aromatic nitrogens is 2. The van der Waals surface area contributed by atoms with Gasteiger partial charge in [-0.3, -0.25) is 4.79 Å². The van der Waals surface area contributed by atoms with Crippen molar-refractivity contribution in [2.75, 3.05) is 0 Å². The normalized spacial score (nSPS) is 20.7. The molecule has 1 fully saturated rings. The van der Waals surface area contributed by atoms with Gasteiger partial charge in [-0.2, -0.15) is 0 Å². The summed E-state index contributed by atoms with van der Waals surface area (Å²) in [4.78, 5) is 16.1. The molecule has 0 bridgehead atoms. The first-order valence-corrected chi connectivity index (χ1v) is 7.81. The van der Waals surface area contributed by atoms with Crippen LogP contribution in [0.4, 0.5) is 4.39 Å². The van der Waals surface area contributed by atoms with Crippen LogP contribution in [-0.2, 0) is 11.3 Å². The fraction of sp³-hybridized carbons (Fsp3) is 0.412. The zero-order valence-electron chi connectivity index (χ0n) is 13.0. The number of benzene rings is 1. The second-order valence-electron chi connectivity index (χ2n) is 5.95. The zero-order chi connectivity index (χ0) is 16.4. The summed E-state index contributed by atoms with van der Waals surface area (Å²) >= 11 is 0. The average molecular weight is 317 g/mol. The van der Waals surface area contributed by atoms with E-state index < -0.39 is 6.10 Å². The van der Waals surface area contributed by atoms with Gasteiger partial charge in [-0.25, -0.2) is 9.37 Å². The number of hydrogen-bond donors (Lipinski definition) is 2. The van der Waals surface area contributed by atoms with Crippen LogP contribution in [0.2, 0.25) is 0 Å². The molecule has 0 aliphatic heterocycles. The number of imidazole rings is 1. The summed E-state index contributed by atoms with van der Waals surface area (Å²) in [6.07, 6.45) is 5.02. The van der Waals surface area contributed by atoms with E-state index in [9.17, 15) is 14.3 Å². The average Bonchev–Trinajstić information content (AvgIpc) is 3.13. The van der Waals surface area contributed by atoms with E-state index in [4.69, 9.17) is 0 Å². The van der Waals surface area contributed by atoms with E-state index in [0.717, 1.165) is 6.42 Å². The molecule has 5 nitrogen and oxygen atoms in total. The van der Waals surface area contributed by atoms with Crippen molar-refractivity contribution < 1.29 is 14.3 Å². The minimum absolute atomic E-state index is 0.162. The standard InChI is InChI=1S/C17H20FN3O2/c1-11-19-7-8-21(11)15-6-5-12(9-14(15)18)10-20-17(23)13-3-2-4-16(13)22/h5-9,13,16,22H,2-4,10H2,1H3,(H,20,23). The van der Waals surface area contributed by atoms with E-state index >= 15 is 0 Å². The van der Waals surface area contributed by atoms with Crippen LogP contribution < -0.4 is 5.32 Å². The lowest BCUT2D eigenvalue weighted by molar-refractivity contribution is -0.127. The van der Waals surface area contributed by atoms with Gasteiger partial charge in [0.2, 0.25) is 5.91 Å². The second-order valence-corrected chi connectivity index (χ2v) is 5.95. The van der Waals surface area contributed by atoms with Crippen LogP contribution in [0.3, 0.4) is 0 Å². The Morgan fingerprint density at radius 1 is 1.48 bits per heavy atom. The van der Waals surface area contributed by atoms with Gasteiger partial charge in [-0.1, -0.05) is 6.07 Å². The molecule has 1 aromatic carbocycles. The number of carbonyl (C=O) groups is 1. The smallest absolute Gasteiger partial charge is 0.225 e. The molecule has 0 saturated heterocycles. The predicted molar refractivity (Wildman–Crippen MR) is 83.5 cm³/mol. The number of hydrogen-bond acceptors (Lipinski definition) is 3. The van der Waals surface area contributed by atoms with E-state index in [0.29, 0.717) is 29.9 Å². The summed E-state index contributed by atoms with van der Waals surface area (Å²) in [6.45, 7) is 2.06. The lowest BCUT2D eigenvalue weighted by atomic mass is 10.1. The highest BCUT2D eigenvalue weighted by atomic mass is 19.1. The molecule has 3 rings (SSSR count). The fourth-order valence-electron chi connectivity index (χ4n) is 3.05. The lowest BCUT2D eigenvalue weighted by Gasteiger charge is -2.15. The van der Waals surface area contributed by atoms with Crippen molar-refractivity contribution in [3.05, 3.63) is 47.8 Å². The topological polar surface area (TPSA) is 67.2 Å². The molecule has 23 heavy (non-hydrogen) atoms. The van der Waals surface area contributed by atoms with Crippen molar-refractivity contribution in [3.8, 4) is 5.69 Å². The SMILES string of the molecule is Cc1nccn1-c1ccc(CNC(=O)C2CCCC2O)cc1F. The quantitative estimate of drug-likeness (QED) is 0.907. The molecule has 122 valence electrons. The number of halogens is 1. The monoisotopic (exact) mass is 317 g/mol. The molecular weight excluding hydrogens is 297 g/mol. The van der Waals surface area contributed by atoms with Gasteiger partial charge in [-0.05, 0) is 43.9 Å². The second kappa shape index (κ2) is 6.50. The molecule has 0 spiro atoms. The molecule has 1 heterocycles. The molecule has 2 N–H and O–H groups in total. The van der Waals surface area contributed by atoms with E-state index in [1.807, 2.05) is 0 Å². The number of aliphatic hydroxyl groups is 1. The molecule has 2 aromatic rings. The summed E-state index contributed by atoms with van der Waals surface area (Å²) in [5.41, 5.74) is 1.12. The summed E-state index contributed by atoms with van der Waals surface area (Å²) in [7, 11) is 0. The lowest BCUT2D eigenvalue weighted by Crippen LogP contribution is -2.34. The van der Waals surface area contributed by atoms with Crippen LogP contribution >= 0.6 is 0 Å². The fourth-order valence-corrected chi connectivity index (χ4v) is 3.05. The number of nitrogens with zero attached hydrogens (tertiary/aromatic N) is 2. The van der Waals surface area contributed by atoms with Gasteiger partial charge in [0.1, 0.15) is 11.6 Å². The number of aryl methyl sites for hydroxylation is 1. The maximum absolute atomic E-state index is 14.3. The summed E-state index contributed by atoms with van der Waals surface area (Å²) in [5.74, 6) is -0.156. The third-order valence-corrected chi connectivity index (χ3v) is 4.38. The van der Waals surface area contributed by atoms with Crippen LogP contribution in [0.15, 0.2) is 30.6 Å². The summed E-state index contributed by atoms with van der Waals surface area (Å²) in [6, 6.07) is 4.87. The molecule has 1 aliphatic carbocycles. The molecule has 1 aliphatic rings. The Balaban J connectivity index is 1.67. The maximum atomic E-state index is 14.3. The molecule has 6 heteroatoms. The first kappa shape index (κ1) is 15.7. The molecule has 1 saturated carbocycles. The minimum Gasteiger partial charge on any atom is -0.392 e. The number of aliphatic hydroxyl groups excluding tert-OH is 1. The van der Waals surface area contributed by atoms with Crippen LogP contribution in [-0.4, -0.2) is 26.7 Å². The number of amides is 1. The van der Waals surface area contributed by atoms with Crippen LogP contribution in [0.5, 0.6) is 0 Å². The van der Waals surface area contributed by atoms with Gasteiger partial charge in [0.05, 0.1) is 17.7 Å². The minimum atomic E-state index is -0.557. The van der Waals surface area contributed by atoms with E-state index in [1.54, 1.807) is 36.0 Å². The first-order valence-electron chi connectivity index (χ1n) is 7.81. The van der Waals surface area contributed by atoms with Crippen molar-refractivity contribution in [1.29, 1.82) is 0 Å². The zero-order valence-corrected chi connectivity index (χ0v) is 13.0. The third-order valence-electron chi connectivity index (χ3n) is 4.38. The largest absolute Gasteiger partial charge is 0.392 e. The molecule has 1 aromatic heterocycles.